The summed E-state index contributed by atoms with van der Waals surface area (Å²) in [6, 6.07) is 0.615. The lowest BCUT2D eigenvalue weighted by Gasteiger charge is -2.23. The predicted molar refractivity (Wildman–Crippen MR) is 59.7 cm³/mol. The standard InChI is InChI=1S/C9H20N6/c1-5-8(2)14(3)7-6-10-9-11-12-13-15(9)4/h8H,5-7H2,1-4H3,(H,10,11,13). The van der Waals surface area contributed by atoms with E-state index in [9.17, 15) is 0 Å². The third-order valence-electron chi connectivity index (χ3n) is 2.71. The molecule has 86 valence electrons. The van der Waals surface area contributed by atoms with E-state index >= 15 is 0 Å². The molecule has 6 heteroatoms. The molecular formula is C9H20N6. The van der Waals surface area contributed by atoms with Crippen molar-refractivity contribution in [2.24, 2.45) is 7.05 Å². The number of tetrazole rings is 1. The largest absolute Gasteiger partial charge is 0.352 e. The summed E-state index contributed by atoms with van der Waals surface area (Å²) in [5, 5.41) is 14.3. The van der Waals surface area contributed by atoms with Crippen molar-refractivity contribution in [1.82, 2.24) is 25.1 Å². The lowest BCUT2D eigenvalue weighted by molar-refractivity contribution is 0.261. The van der Waals surface area contributed by atoms with Gasteiger partial charge in [-0.25, -0.2) is 4.68 Å². The van der Waals surface area contributed by atoms with Crippen molar-refractivity contribution < 1.29 is 0 Å². The molecule has 0 saturated carbocycles. The smallest absolute Gasteiger partial charge is 0.242 e. The van der Waals surface area contributed by atoms with Crippen molar-refractivity contribution in [1.29, 1.82) is 0 Å². The number of hydrogen-bond donors (Lipinski definition) is 1. The first-order valence-corrected chi connectivity index (χ1v) is 5.31. The van der Waals surface area contributed by atoms with Crippen molar-refractivity contribution in [3.63, 3.8) is 0 Å². The Morgan fingerprint density at radius 1 is 1.53 bits per heavy atom. The summed E-state index contributed by atoms with van der Waals surface area (Å²) in [6.07, 6.45) is 1.17. The monoisotopic (exact) mass is 212 g/mol. The first kappa shape index (κ1) is 11.9. The molecule has 0 bridgehead atoms. The van der Waals surface area contributed by atoms with Crippen molar-refractivity contribution in [2.45, 2.75) is 26.3 Å². The minimum atomic E-state index is 0.615. The summed E-state index contributed by atoms with van der Waals surface area (Å²) in [4.78, 5) is 2.32. The predicted octanol–water partition coefficient (Wildman–Crippen LogP) is 0.352. The summed E-state index contributed by atoms with van der Waals surface area (Å²) < 4.78 is 1.63. The highest BCUT2D eigenvalue weighted by molar-refractivity contribution is 5.20. The normalized spacial score (nSPS) is 13.1. The van der Waals surface area contributed by atoms with Crippen molar-refractivity contribution >= 4 is 5.95 Å². The Labute approximate surface area is 90.6 Å². The van der Waals surface area contributed by atoms with Crippen molar-refractivity contribution in [3.05, 3.63) is 0 Å². The number of nitrogens with one attached hydrogen (secondary N) is 1. The maximum Gasteiger partial charge on any atom is 0.242 e. The molecule has 1 heterocycles. The van der Waals surface area contributed by atoms with E-state index in [1.54, 1.807) is 4.68 Å². The van der Waals surface area contributed by atoms with Crippen LogP contribution in [0, 0.1) is 0 Å². The lowest BCUT2D eigenvalue weighted by atomic mass is 10.2. The Morgan fingerprint density at radius 2 is 2.27 bits per heavy atom. The molecule has 0 aliphatic rings. The second-order valence-electron chi connectivity index (χ2n) is 3.79. The molecule has 1 aromatic heterocycles. The van der Waals surface area contributed by atoms with E-state index in [2.05, 4.69) is 46.6 Å². The molecule has 0 spiro atoms. The maximum atomic E-state index is 3.85. The quantitative estimate of drug-likeness (QED) is 0.737. The van der Waals surface area contributed by atoms with Crippen LogP contribution in [0.25, 0.3) is 0 Å². The minimum absolute atomic E-state index is 0.615. The number of likely N-dealkylation sites (N-methyl/N-ethyl adjacent to an activating group) is 1. The molecule has 6 nitrogen and oxygen atoms in total. The summed E-state index contributed by atoms with van der Waals surface area (Å²) in [5.41, 5.74) is 0. The average Bonchev–Trinajstić information content (AvgIpc) is 2.63. The Kier molecular flexibility index (Phi) is 4.48. The third kappa shape index (κ3) is 3.47. The molecular weight excluding hydrogens is 192 g/mol. The molecule has 0 radical (unpaired) electrons. The fraction of sp³-hybridized carbons (Fsp3) is 0.889. The number of nitrogens with zero attached hydrogens (tertiary/aromatic N) is 5. The summed E-state index contributed by atoms with van der Waals surface area (Å²) in [5.74, 6) is 0.715. The van der Waals surface area contributed by atoms with Crippen LogP contribution in [0.2, 0.25) is 0 Å². The molecule has 15 heavy (non-hydrogen) atoms. The summed E-state index contributed by atoms with van der Waals surface area (Å²) in [6.45, 7) is 6.27. The fourth-order valence-corrected chi connectivity index (χ4v) is 1.26. The first-order valence-electron chi connectivity index (χ1n) is 5.31. The number of anilines is 1. The van der Waals surface area contributed by atoms with Gasteiger partial charge in [0.1, 0.15) is 0 Å². The summed E-state index contributed by atoms with van der Waals surface area (Å²) in [7, 11) is 3.95. The number of aryl methyl sites for hydroxylation is 1. The van der Waals surface area contributed by atoms with Gasteiger partial charge in [0.05, 0.1) is 0 Å². The average molecular weight is 212 g/mol. The van der Waals surface area contributed by atoms with E-state index in [0.717, 1.165) is 13.1 Å². The van der Waals surface area contributed by atoms with Crippen LogP contribution in [-0.2, 0) is 7.05 Å². The second-order valence-corrected chi connectivity index (χ2v) is 3.79. The Bertz CT molecular complexity index is 284. The van der Waals surface area contributed by atoms with Crippen molar-refractivity contribution in [2.75, 3.05) is 25.5 Å². The third-order valence-corrected chi connectivity index (χ3v) is 2.71. The Morgan fingerprint density at radius 3 is 2.80 bits per heavy atom. The van der Waals surface area contributed by atoms with Gasteiger partial charge in [-0.3, -0.25) is 0 Å². The van der Waals surface area contributed by atoms with Crippen LogP contribution in [0.3, 0.4) is 0 Å². The Hall–Kier alpha value is -1.17. The van der Waals surface area contributed by atoms with E-state index < -0.39 is 0 Å². The van der Waals surface area contributed by atoms with Gasteiger partial charge in [0.25, 0.3) is 0 Å². The van der Waals surface area contributed by atoms with Gasteiger partial charge >= 0.3 is 0 Å². The maximum absolute atomic E-state index is 3.85. The minimum Gasteiger partial charge on any atom is -0.352 e. The van der Waals surface area contributed by atoms with Gasteiger partial charge in [-0.2, -0.15) is 0 Å². The van der Waals surface area contributed by atoms with Gasteiger partial charge in [-0.15, -0.1) is 0 Å². The van der Waals surface area contributed by atoms with Crippen LogP contribution in [0.15, 0.2) is 0 Å². The van der Waals surface area contributed by atoms with Gasteiger partial charge < -0.3 is 10.2 Å². The highest BCUT2D eigenvalue weighted by Crippen LogP contribution is 2.00. The highest BCUT2D eigenvalue weighted by atomic mass is 15.6. The zero-order chi connectivity index (χ0) is 11.3. The van der Waals surface area contributed by atoms with Crippen LogP contribution in [0.1, 0.15) is 20.3 Å². The van der Waals surface area contributed by atoms with Crippen molar-refractivity contribution in [3.8, 4) is 0 Å². The zero-order valence-corrected chi connectivity index (χ0v) is 9.93. The molecule has 0 aliphatic carbocycles. The molecule has 1 N–H and O–H groups in total. The van der Waals surface area contributed by atoms with Crippen LogP contribution >= 0.6 is 0 Å². The molecule has 0 amide bonds. The van der Waals surface area contributed by atoms with E-state index in [1.165, 1.54) is 6.42 Å². The molecule has 0 fully saturated rings. The molecule has 0 aliphatic heterocycles. The topological polar surface area (TPSA) is 58.9 Å². The first-order chi connectivity index (χ1) is 7.15. The Balaban J connectivity index is 2.25. The van der Waals surface area contributed by atoms with Gasteiger partial charge in [0, 0.05) is 26.2 Å². The van der Waals surface area contributed by atoms with E-state index in [4.69, 9.17) is 0 Å². The van der Waals surface area contributed by atoms with Crippen LogP contribution in [0.4, 0.5) is 5.95 Å². The molecule has 1 aromatic rings. The lowest BCUT2D eigenvalue weighted by Crippen LogP contribution is -2.33. The SMILES string of the molecule is CCC(C)N(C)CCNc1nnnn1C. The molecule has 1 atom stereocenters. The fourth-order valence-electron chi connectivity index (χ4n) is 1.26. The van der Waals surface area contributed by atoms with Gasteiger partial charge in [-0.05, 0) is 30.8 Å². The van der Waals surface area contributed by atoms with Crippen LogP contribution < -0.4 is 5.32 Å². The molecule has 1 rings (SSSR count). The van der Waals surface area contributed by atoms with Crippen LogP contribution in [-0.4, -0.2) is 51.3 Å². The molecule has 0 aromatic carbocycles. The zero-order valence-electron chi connectivity index (χ0n) is 9.93. The van der Waals surface area contributed by atoms with E-state index in [0.29, 0.717) is 12.0 Å². The van der Waals surface area contributed by atoms with E-state index in [-0.39, 0.29) is 0 Å². The number of aromatic nitrogens is 4. The van der Waals surface area contributed by atoms with Gasteiger partial charge in [0.15, 0.2) is 0 Å². The molecule has 1 unspecified atom stereocenters. The number of hydrogen-bond acceptors (Lipinski definition) is 5. The summed E-state index contributed by atoms with van der Waals surface area (Å²) >= 11 is 0. The second kappa shape index (κ2) is 5.65. The highest BCUT2D eigenvalue weighted by Gasteiger charge is 2.06. The van der Waals surface area contributed by atoms with Crippen LogP contribution in [0.5, 0.6) is 0 Å². The number of rotatable bonds is 6. The van der Waals surface area contributed by atoms with Gasteiger partial charge in [-0.1, -0.05) is 12.0 Å². The van der Waals surface area contributed by atoms with E-state index in [1.807, 2.05) is 7.05 Å². The van der Waals surface area contributed by atoms with Gasteiger partial charge in [0.2, 0.25) is 5.95 Å². The molecule has 0 saturated heterocycles.